The molecular formula is C19H16FN5O4S. The monoisotopic (exact) mass is 429 g/mol. The number of fused-ring (bicyclic) bond motifs is 1. The maximum absolute atomic E-state index is 13.2. The first-order valence-electron chi connectivity index (χ1n) is 8.78. The molecule has 9 nitrogen and oxygen atoms in total. The number of nitrogens with zero attached hydrogens (tertiary/aromatic N) is 4. The molecule has 154 valence electrons. The van der Waals surface area contributed by atoms with E-state index < -0.39 is 27.0 Å². The number of amides is 1. The van der Waals surface area contributed by atoms with Gasteiger partial charge in [-0.15, -0.1) is 0 Å². The van der Waals surface area contributed by atoms with Crippen LogP contribution in [0.4, 0.5) is 4.39 Å². The molecule has 0 saturated carbocycles. The molecule has 0 bridgehead atoms. The van der Waals surface area contributed by atoms with Crippen molar-refractivity contribution in [1.82, 2.24) is 25.1 Å². The summed E-state index contributed by atoms with van der Waals surface area (Å²) in [4.78, 5) is 20.7. The molecular weight excluding hydrogens is 413 g/mol. The summed E-state index contributed by atoms with van der Waals surface area (Å²) in [6, 6.07) is 5.13. The second-order valence-electron chi connectivity index (χ2n) is 6.65. The quantitative estimate of drug-likeness (QED) is 0.517. The van der Waals surface area contributed by atoms with E-state index in [0.717, 1.165) is 6.26 Å². The number of carbonyl (C=O) groups is 1. The first-order chi connectivity index (χ1) is 14.2. The molecule has 0 saturated heterocycles. The fourth-order valence-electron chi connectivity index (χ4n) is 2.90. The van der Waals surface area contributed by atoms with Crippen molar-refractivity contribution < 1.29 is 22.0 Å². The third kappa shape index (κ3) is 3.66. The minimum atomic E-state index is -3.59. The van der Waals surface area contributed by atoms with Gasteiger partial charge in [0.15, 0.2) is 0 Å². The van der Waals surface area contributed by atoms with Crippen LogP contribution in [-0.2, 0) is 9.84 Å². The summed E-state index contributed by atoms with van der Waals surface area (Å²) in [6.07, 6.45) is 6.73. The smallest absolute Gasteiger partial charge is 0.314 e. The summed E-state index contributed by atoms with van der Waals surface area (Å²) in [5.74, 6) is -0.615. The first kappa shape index (κ1) is 19.7. The largest absolute Gasteiger partial charge is 0.431 e. The van der Waals surface area contributed by atoms with Crippen molar-refractivity contribution in [3.05, 3.63) is 66.2 Å². The molecule has 11 heteroatoms. The molecule has 0 unspecified atom stereocenters. The normalized spacial score (nSPS) is 12.8. The zero-order valence-corrected chi connectivity index (χ0v) is 16.7. The number of halogens is 1. The highest BCUT2D eigenvalue weighted by Crippen LogP contribution is 2.22. The third-order valence-corrected chi connectivity index (χ3v) is 5.23. The van der Waals surface area contributed by atoms with Crippen molar-refractivity contribution in [2.24, 2.45) is 0 Å². The molecule has 0 spiro atoms. The van der Waals surface area contributed by atoms with Crippen molar-refractivity contribution >= 4 is 26.6 Å². The Labute approximate surface area is 170 Å². The van der Waals surface area contributed by atoms with Crippen LogP contribution in [0.2, 0.25) is 0 Å². The van der Waals surface area contributed by atoms with Gasteiger partial charge in [0.25, 0.3) is 5.91 Å². The summed E-state index contributed by atoms with van der Waals surface area (Å²) in [5, 5.41) is 7.15. The second kappa shape index (κ2) is 7.34. The van der Waals surface area contributed by atoms with E-state index in [4.69, 9.17) is 4.42 Å². The summed E-state index contributed by atoms with van der Waals surface area (Å²) < 4.78 is 43.0. The third-order valence-electron chi connectivity index (χ3n) is 4.41. The van der Waals surface area contributed by atoms with Gasteiger partial charge in [-0.2, -0.15) is 5.10 Å². The Hall–Kier alpha value is -3.60. The van der Waals surface area contributed by atoms with E-state index in [9.17, 15) is 17.6 Å². The van der Waals surface area contributed by atoms with Crippen LogP contribution >= 0.6 is 0 Å². The predicted octanol–water partition coefficient (Wildman–Crippen LogP) is 2.44. The Morgan fingerprint density at radius 2 is 1.90 bits per heavy atom. The molecule has 4 rings (SSSR count). The second-order valence-corrected chi connectivity index (χ2v) is 8.54. The Bertz CT molecular complexity index is 1350. The number of sulfone groups is 1. The fourth-order valence-corrected chi connectivity index (χ4v) is 3.39. The molecule has 30 heavy (non-hydrogen) atoms. The Kier molecular flexibility index (Phi) is 4.82. The van der Waals surface area contributed by atoms with Crippen LogP contribution in [0.5, 0.6) is 0 Å². The first-order valence-corrected chi connectivity index (χ1v) is 10.7. The van der Waals surface area contributed by atoms with E-state index in [1.54, 1.807) is 29.9 Å². The molecule has 0 aliphatic heterocycles. The molecule has 0 aliphatic carbocycles. The average molecular weight is 429 g/mol. The Morgan fingerprint density at radius 1 is 1.17 bits per heavy atom. The Morgan fingerprint density at radius 3 is 2.57 bits per heavy atom. The lowest BCUT2D eigenvalue weighted by molar-refractivity contribution is 0.0936. The lowest BCUT2D eigenvalue weighted by atomic mass is 10.1. The number of rotatable bonds is 5. The number of aromatic nitrogens is 4. The number of pyridine rings is 1. The minimum Gasteiger partial charge on any atom is -0.431 e. The number of nitrogens with one attached hydrogen (secondary N) is 1. The lowest BCUT2D eigenvalue weighted by Crippen LogP contribution is -2.26. The van der Waals surface area contributed by atoms with Gasteiger partial charge in [-0.05, 0) is 31.2 Å². The van der Waals surface area contributed by atoms with Crippen LogP contribution in [0, 0.1) is 5.82 Å². The molecule has 1 atom stereocenters. The number of hydrogen-bond donors (Lipinski definition) is 1. The summed E-state index contributed by atoms with van der Waals surface area (Å²) in [7, 11) is -3.59. The van der Waals surface area contributed by atoms with Gasteiger partial charge in [-0.25, -0.2) is 22.5 Å². The number of oxazole rings is 1. The van der Waals surface area contributed by atoms with Gasteiger partial charge in [0, 0.05) is 17.8 Å². The van der Waals surface area contributed by atoms with Gasteiger partial charge in [-0.3, -0.25) is 9.78 Å². The predicted molar refractivity (Wildman–Crippen MR) is 104 cm³/mol. The van der Waals surface area contributed by atoms with E-state index in [1.165, 1.54) is 30.7 Å². The van der Waals surface area contributed by atoms with Crippen LogP contribution in [0.3, 0.4) is 0 Å². The van der Waals surface area contributed by atoms with Crippen LogP contribution < -0.4 is 5.32 Å². The maximum Gasteiger partial charge on any atom is 0.314 e. The topological polar surface area (TPSA) is 120 Å². The number of hydrogen-bond acceptors (Lipinski definition) is 7. The number of benzene rings is 1. The molecule has 0 radical (unpaired) electrons. The van der Waals surface area contributed by atoms with Crippen LogP contribution in [-0.4, -0.2) is 40.3 Å². The van der Waals surface area contributed by atoms with Gasteiger partial charge in [-0.1, -0.05) is 0 Å². The summed E-state index contributed by atoms with van der Waals surface area (Å²) in [5.41, 5.74) is 1.46. The maximum atomic E-state index is 13.2. The zero-order valence-electron chi connectivity index (χ0n) is 15.9. The van der Waals surface area contributed by atoms with Gasteiger partial charge in [0.05, 0.1) is 41.4 Å². The molecule has 1 aromatic carbocycles. The van der Waals surface area contributed by atoms with Crippen molar-refractivity contribution in [1.29, 1.82) is 0 Å². The standard InChI is InChI=1S/C19H16FN5O4S/c1-11(17-10-22-19(29-17)30(2,27)28)24-18(26)15-7-21-9-16-14(15)8-23-25(16)13-5-3-12(20)4-6-13/h3-11H,1-2H3,(H,24,26)/t11-/m0/s1. The van der Waals surface area contributed by atoms with Gasteiger partial charge in [0.2, 0.25) is 9.84 Å². The van der Waals surface area contributed by atoms with E-state index in [2.05, 4.69) is 20.4 Å². The van der Waals surface area contributed by atoms with Crippen molar-refractivity contribution in [3.8, 4) is 5.69 Å². The minimum absolute atomic E-state index is 0.200. The molecule has 4 aromatic rings. The molecule has 3 aromatic heterocycles. The van der Waals surface area contributed by atoms with Gasteiger partial charge < -0.3 is 9.73 Å². The number of carbonyl (C=O) groups excluding carboxylic acids is 1. The summed E-state index contributed by atoms with van der Waals surface area (Å²) in [6.45, 7) is 1.64. The van der Waals surface area contributed by atoms with Gasteiger partial charge >= 0.3 is 5.22 Å². The zero-order chi connectivity index (χ0) is 21.5. The Balaban J connectivity index is 1.62. The highest BCUT2D eigenvalue weighted by Gasteiger charge is 2.21. The van der Waals surface area contributed by atoms with Crippen LogP contribution in [0.25, 0.3) is 16.6 Å². The van der Waals surface area contributed by atoms with E-state index in [-0.39, 0.29) is 17.1 Å². The fraction of sp³-hybridized carbons (Fsp3) is 0.158. The van der Waals surface area contributed by atoms with Crippen LogP contribution in [0.15, 0.2) is 58.7 Å². The van der Waals surface area contributed by atoms with E-state index >= 15 is 0 Å². The van der Waals surface area contributed by atoms with Crippen molar-refractivity contribution in [3.63, 3.8) is 0 Å². The van der Waals surface area contributed by atoms with E-state index in [1.807, 2.05) is 0 Å². The molecule has 1 N–H and O–H groups in total. The van der Waals surface area contributed by atoms with E-state index in [0.29, 0.717) is 16.6 Å². The van der Waals surface area contributed by atoms with Gasteiger partial charge in [0.1, 0.15) is 11.6 Å². The molecule has 0 aliphatic rings. The average Bonchev–Trinajstić information content (AvgIpc) is 3.36. The lowest BCUT2D eigenvalue weighted by Gasteiger charge is -2.11. The summed E-state index contributed by atoms with van der Waals surface area (Å²) >= 11 is 0. The van der Waals surface area contributed by atoms with Crippen molar-refractivity contribution in [2.75, 3.05) is 6.26 Å². The molecule has 3 heterocycles. The highest BCUT2D eigenvalue weighted by atomic mass is 32.2. The SMILES string of the molecule is C[C@H](NC(=O)c1cncc2c1cnn2-c1ccc(F)cc1)c1cnc(S(C)(=O)=O)o1. The molecule has 0 fully saturated rings. The van der Waals surface area contributed by atoms with Crippen LogP contribution in [0.1, 0.15) is 29.1 Å². The highest BCUT2D eigenvalue weighted by molar-refractivity contribution is 7.90. The molecule has 1 amide bonds. The van der Waals surface area contributed by atoms with Crippen molar-refractivity contribution in [2.45, 2.75) is 18.2 Å².